The van der Waals surface area contributed by atoms with Crippen LogP contribution in [0.1, 0.15) is 6.42 Å². The molecule has 0 aromatic carbocycles. The Morgan fingerprint density at radius 2 is 2.11 bits per heavy atom. The van der Waals surface area contributed by atoms with Crippen LogP contribution >= 0.6 is 0 Å². The summed E-state index contributed by atoms with van der Waals surface area (Å²) in [4.78, 5) is 31.7. The molecule has 0 saturated carbocycles. The number of carbonyl (C=O) groups excluding carboxylic acids is 1. The number of aryl methyl sites for hydroxylation is 1. The predicted molar refractivity (Wildman–Crippen MR) is 94.1 cm³/mol. The van der Waals surface area contributed by atoms with Crippen LogP contribution in [0.25, 0.3) is 33.5 Å². The van der Waals surface area contributed by atoms with E-state index in [0.29, 0.717) is 17.1 Å². The van der Waals surface area contributed by atoms with E-state index in [4.69, 9.17) is 0 Å². The minimum Gasteiger partial charge on any atom is -0.347 e. The fourth-order valence-corrected chi connectivity index (χ4v) is 2.84. The molecule has 8 nitrogen and oxygen atoms in total. The normalized spacial score (nSPS) is 12.0. The molecule has 4 aromatic rings. The summed E-state index contributed by atoms with van der Waals surface area (Å²) < 4.78 is 38.2. The van der Waals surface area contributed by atoms with Crippen LogP contribution < -0.4 is 5.32 Å². The Labute approximate surface area is 155 Å². The van der Waals surface area contributed by atoms with E-state index in [1.54, 1.807) is 35.4 Å². The van der Waals surface area contributed by atoms with Gasteiger partial charge < -0.3 is 14.9 Å². The number of H-pyrrole nitrogens is 1. The highest BCUT2D eigenvalue weighted by Crippen LogP contribution is 2.25. The van der Waals surface area contributed by atoms with Gasteiger partial charge >= 0.3 is 6.18 Å². The van der Waals surface area contributed by atoms with Crippen LogP contribution in [0, 0.1) is 0 Å². The maximum atomic E-state index is 12.2. The molecule has 0 aliphatic rings. The summed E-state index contributed by atoms with van der Waals surface area (Å²) in [5.74, 6) is -0.225. The summed E-state index contributed by atoms with van der Waals surface area (Å²) in [6, 6.07) is 1.78. The standard InChI is InChI=1S/C17H14F3N7O/c18-17(19,20)8-24-13(28)2-4-27-3-1-10-5-22-15(26-16(10)27)12-7-23-14-11(12)6-21-9-25-14/h1,3,5-7,9H,2,4,8H2,(H,24,28)(H,21,23,25). The van der Waals surface area contributed by atoms with Gasteiger partial charge in [0.15, 0.2) is 5.82 Å². The zero-order chi connectivity index (χ0) is 19.7. The summed E-state index contributed by atoms with van der Waals surface area (Å²) in [6.07, 6.45) is 3.67. The van der Waals surface area contributed by atoms with Crippen LogP contribution in [0.15, 0.2) is 37.2 Å². The van der Waals surface area contributed by atoms with Gasteiger partial charge in [0, 0.05) is 54.1 Å². The lowest BCUT2D eigenvalue weighted by atomic mass is 10.2. The summed E-state index contributed by atoms with van der Waals surface area (Å²) >= 11 is 0. The first-order valence-electron chi connectivity index (χ1n) is 8.33. The SMILES string of the molecule is O=C(CCn1ccc2cnc(-c3c[nH]c4ncncc34)nc21)NCC(F)(F)F. The van der Waals surface area contributed by atoms with Gasteiger partial charge in [-0.15, -0.1) is 0 Å². The van der Waals surface area contributed by atoms with Gasteiger partial charge in [-0.1, -0.05) is 0 Å². The average molecular weight is 389 g/mol. The fraction of sp³-hybridized carbons (Fsp3) is 0.235. The van der Waals surface area contributed by atoms with Gasteiger partial charge in [0.25, 0.3) is 0 Å². The molecule has 0 radical (unpaired) electrons. The minimum absolute atomic E-state index is 0.0971. The predicted octanol–water partition coefficient (Wildman–Crippen LogP) is 2.44. The van der Waals surface area contributed by atoms with E-state index < -0.39 is 18.6 Å². The topological polar surface area (TPSA) is 101 Å². The van der Waals surface area contributed by atoms with Crippen molar-refractivity contribution >= 4 is 28.0 Å². The van der Waals surface area contributed by atoms with Crippen molar-refractivity contribution in [2.75, 3.05) is 6.54 Å². The Balaban J connectivity index is 1.56. The summed E-state index contributed by atoms with van der Waals surface area (Å²) in [5, 5.41) is 3.39. The van der Waals surface area contributed by atoms with Gasteiger partial charge in [-0.25, -0.2) is 19.9 Å². The first kappa shape index (κ1) is 17.9. The van der Waals surface area contributed by atoms with Crippen molar-refractivity contribution in [2.24, 2.45) is 0 Å². The van der Waals surface area contributed by atoms with Crippen LogP contribution in [-0.2, 0) is 11.3 Å². The highest BCUT2D eigenvalue weighted by molar-refractivity contribution is 5.91. The molecule has 0 saturated heterocycles. The second-order valence-electron chi connectivity index (χ2n) is 6.11. The van der Waals surface area contributed by atoms with Gasteiger partial charge in [-0.05, 0) is 6.07 Å². The van der Waals surface area contributed by atoms with E-state index in [1.165, 1.54) is 6.33 Å². The zero-order valence-electron chi connectivity index (χ0n) is 14.4. The Morgan fingerprint density at radius 1 is 1.25 bits per heavy atom. The first-order valence-corrected chi connectivity index (χ1v) is 8.33. The molecule has 4 heterocycles. The third-order valence-electron chi connectivity index (χ3n) is 4.16. The molecule has 0 bridgehead atoms. The first-order chi connectivity index (χ1) is 13.4. The molecular formula is C17H14F3N7O. The van der Waals surface area contributed by atoms with Crippen LogP contribution in [0.4, 0.5) is 13.2 Å². The van der Waals surface area contributed by atoms with Gasteiger partial charge in [-0.3, -0.25) is 4.79 Å². The van der Waals surface area contributed by atoms with Crippen LogP contribution in [0.2, 0.25) is 0 Å². The third-order valence-corrected chi connectivity index (χ3v) is 4.16. The van der Waals surface area contributed by atoms with Crippen molar-refractivity contribution < 1.29 is 18.0 Å². The molecule has 0 atom stereocenters. The lowest BCUT2D eigenvalue weighted by Gasteiger charge is -2.09. The van der Waals surface area contributed by atoms with Crippen molar-refractivity contribution in [2.45, 2.75) is 19.1 Å². The molecule has 0 aliphatic heterocycles. The molecule has 0 spiro atoms. The average Bonchev–Trinajstić information content (AvgIpc) is 3.27. The number of nitrogens with one attached hydrogen (secondary N) is 2. The second kappa shape index (κ2) is 6.91. The Kier molecular flexibility index (Phi) is 4.41. The largest absolute Gasteiger partial charge is 0.405 e. The van der Waals surface area contributed by atoms with E-state index in [9.17, 15) is 18.0 Å². The summed E-state index contributed by atoms with van der Waals surface area (Å²) in [7, 11) is 0. The number of aromatic nitrogens is 6. The Bertz CT molecular complexity index is 1150. The molecule has 4 rings (SSSR count). The number of rotatable bonds is 5. The van der Waals surface area contributed by atoms with Crippen LogP contribution in [-0.4, -0.2) is 48.1 Å². The molecule has 28 heavy (non-hydrogen) atoms. The number of fused-ring (bicyclic) bond motifs is 2. The van der Waals surface area contributed by atoms with Crippen LogP contribution in [0.5, 0.6) is 0 Å². The quantitative estimate of drug-likeness (QED) is 0.546. The van der Waals surface area contributed by atoms with Crippen LogP contribution in [0.3, 0.4) is 0 Å². The van der Waals surface area contributed by atoms with E-state index in [0.717, 1.165) is 16.3 Å². The van der Waals surface area contributed by atoms with E-state index in [2.05, 4.69) is 24.9 Å². The summed E-state index contributed by atoms with van der Waals surface area (Å²) in [5.41, 5.74) is 1.97. The second-order valence-corrected chi connectivity index (χ2v) is 6.11. The highest BCUT2D eigenvalue weighted by atomic mass is 19.4. The maximum absolute atomic E-state index is 12.2. The van der Waals surface area contributed by atoms with E-state index in [-0.39, 0.29) is 13.0 Å². The van der Waals surface area contributed by atoms with Gasteiger partial charge in [-0.2, -0.15) is 13.2 Å². The number of hydrogen-bond acceptors (Lipinski definition) is 5. The Hall–Kier alpha value is -3.50. The number of amides is 1. The number of nitrogens with zero attached hydrogens (tertiary/aromatic N) is 5. The monoisotopic (exact) mass is 389 g/mol. The molecule has 0 fully saturated rings. The molecule has 1 amide bonds. The molecular weight excluding hydrogens is 375 g/mol. The molecule has 2 N–H and O–H groups in total. The maximum Gasteiger partial charge on any atom is 0.405 e. The molecule has 11 heteroatoms. The molecule has 0 aliphatic carbocycles. The number of carbonyl (C=O) groups is 1. The van der Waals surface area contributed by atoms with Gasteiger partial charge in [0.2, 0.25) is 5.91 Å². The number of aromatic amines is 1. The molecule has 4 aromatic heterocycles. The highest BCUT2D eigenvalue weighted by Gasteiger charge is 2.27. The third kappa shape index (κ3) is 3.63. The number of hydrogen-bond donors (Lipinski definition) is 2. The molecule has 0 unspecified atom stereocenters. The number of halogens is 3. The van der Waals surface area contributed by atoms with Gasteiger partial charge in [0.1, 0.15) is 24.2 Å². The zero-order valence-corrected chi connectivity index (χ0v) is 14.4. The van der Waals surface area contributed by atoms with Crippen molar-refractivity contribution in [1.82, 2.24) is 34.8 Å². The van der Waals surface area contributed by atoms with E-state index >= 15 is 0 Å². The van der Waals surface area contributed by atoms with Crippen molar-refractivity contribution in [1.29, 1.82) is 0 Å². The smallest absolute Gasteiger partial charge is 0.347 e. The van der Waals surface area contributed by atoms with Crippen molar-refractivity contribution in [3.63, 3.8) is 0 Å². The van der Waals surface area contributed by atoms with Crippen molar-refractivity contribution in [3.8, 4) is 11.4 Å². The van der Waals surface area contributed by atoms with E-state index in [1.807, 2.05) is 5.32 Å². The molecule has 144 valence electrons. The lowest BCUT2D eigenvalue weighted by molar-refractivity contribution is -0.138. The fourth-order valence-electron chi connectivity index (χ4n) is 2.84. The summed E-state index contributed by atoms with van der Waals surface area (Å²) in [6.45, 7) is -1.14. The Morgan fingerprint density at radius 3 is 2.93 bits per heavy atom. The van der Waals surface area contributed by atoms with Gasteiger partial charge in [0.05, 0.1) is 0 Å². The minimum atomic E-state index is -4.43. The number of alkyl halides is 3. The van der Waals surface area contributed by atoms with Crippen molar-refractivity contribution in [3.05, 3.63) is 37.2 Å². The lowest BCUT2D eigenvalue weighted by Crippen LogP contribution is -2.34.